The van der Waals surface area contributed by atoms with Crippen LogP contribution >= 0.6 is 0 Å². The van der Waals surface area contributed by atoms with E-state index in [2.05, 4.69) is 5.32 Å². The Morgan fingerprint density at radius 1 is 1.18 bits per heavy atom. The van der Waals surface area contributed by atoms with Crippen LogP contribution in [0.15, 0.2) is 42.5 Å². The summed E-state index contributed by atoms with van der Waals surface area (Å²) >= 11 is 0. The number of carbonyl (C=O) groups excluding carboxylic acids is 2. The number of nitrogens with zero attached hydrogens (tertiary/aromatic N) is 3. The van der Waals surface area contributed by atoms with Gasteiger partial charge in [-0.1, -0.05) is 12.1 Å². The molecule has 1 atom stereocenters. The Labute approximate surface area is 191 Å². The number of hydroxylamine groups is 2. The Hall–Kier alpha value is -3.21. The normalized spacial score (nSPS) is 19.0. The minimum Gasteiger partial charge on any atom is -0.443 e. The molecule has 0 spiro atoms. The van der Waals surface area contributed by atoms with Gasteiger partial charge in [0.15, 0.2) is 0 Å². The van der Waals surface area contributed by atoms with Crippen LogP contribution in [0.2, 0.25) is 0 Å². The summed E-state index contributed by atoms with van der Waals surface area (Å²) in [6.07, 6.45) is -0.878. The molecule has 0 bridgehead atoms. The number of hydrogen-bond acceptors (Lipinski definition) is 7. The van der Waals surface area contributed by atoms with Crippen LogP contribution in [-0.2, 0) is 21.0 Å². The number of carbonyl (C=O) groups is 2. The predicted molar refractivity (Wildman–Crippen MR) is 122 cm³/mol. The Kier molecular flexibility index (Phi) is 7.07. The van der Waals surface area contributed by atoms with Crippen molar-refractivity contribution in [3.63, 3.8) is 0 Å². The van der Waals surface area contributed by atoms with E-state index in [1.807, 2.05) is 34.2 Å². The van der Waals surface area contributed by atoms with Gasteiger partial charge in [-0.3, -0.25) is 14.5 Å². The topological polar surface area (TPSA) is 100 Å². The summed E-state index contributed by atoms with van der Waals surface area (Å²) < 4.78 is 20.0. The summed E-state index contributed by atoms with van der Waals surface area (Å²) in [6.45, 7) is 4.91. The molecule has 0 unspecified atom stereocenters. The zero-order chi connectivity index (χ0) is 23.4. The minimum atomic E-state index is -0.506. The van der Waals surface area contributed by atoms with Crippen LogP contribution in [0.3, 0.4) is 0 Å². The molecule has 0 aromatic heterocycles. The van der Waals surface area contributed by atoms with Gasteiger partial charge in [0, 0.05) is 45.3 Å². The van der Waals surface area contributed by atoms with Gasteiger partial charge in [-0.05, 0) is 35.9 Å². The van der Waals surface area contributed by atoms with Gasteiger partial charge in [-0.2, -0.15) is 5.06 Å². The highest BCUT2D eigenvalue weighted by Crippen LogP contribution is 2.28. The van der Waals surface area contributed by atoms with Gasteiger partial charge >= 0.3 is 6.09 Å². The number of hydrogen-bond donors (Lipinski definition) is 2. The fourth-order valence-corrected chi connectivity index (χ4v) is 3.89. The van der Waals surface area contributed by atoms with E-state index in [-0.39, 0.29) is 24.4 Å². The molecular weight excluding hydrogens is 429 g/mol. The number of halogens is 1. The highest BCUT2D eigenvalue weighted by atomic mass is 19.1. The quantitative estimate of drug-likeness (QED) is 0.658. The van der Waals surface area contributed by atoms with Crippen LogP contribution in [0.1, 0.15) is 12.5 Å². The second-order valence-corrected chi connectivity index (χ2v) is 8.06. The first-order valence-corrected chi connectivity index (χ1v) is 10.9. The van der Waals surface area contributed by atoms with E-state index >= 15 is 0 Å². The summed E-state index contributed by atoms with van der Waals surface area (Å²) in [6, 6.07) is 12.3. The van der Waals surface area contributed by atoms with E-state index in [4.69, 9.17) is 15.3 Å². The molecule has 2 amide bonds. The van der Waals surface area contributed by atoms with Crippen LogP contribution in [0.4, 0.5) is 26.2 Å². The number of cyclic esters (lactones) is 1. The van der Waals surface area contributed by atoms with E-state index in [0.29, 0.717) is 50.7 Å². The first-order valence-electron chi connectivity index (χ1n) is 10.9. The van der Waals surface area contributed by atoms with Crippen molar-refractivity contribution in [1.29, 1.82) is 0 Å². The molecular formula is C23H28FN5O4. The Morgan fingerprint density at radius 2 is 1.91 bits per heavy atom. The molecule has 3 N–H and O–H groups in total. The molecule has 0 saturated carbocycles. The average Bonchev–Trinajstić information content (AvgIpc) is 3.19. The van der Waals surface area contributed by atoms with Crippen LogP contribution in [0.5, 0.6) is 0 Å². The molecule has 2 aliphatic heterocycles. The Morgan fingerprint density at radius 3 is 2.52 bits per heavy atom. The maximum atomic E-state index is 14.9. The standard InChI is InChI=1S/C23H28FN5O4/c1-16(30)26-18-4-2-17(3-5-18)15-32-28-10-8-27(9-11-28)22-7-6-19(12-21(22)24)29-14-20(13-25)33-23(29)31/h2-7,12,20H,8-11,13-15,25H2,1H3,(H,26,30)/t20-/m0/s1. The number of nitrogens with one attached hydrogen (secondary N) is 1. The maximum Gasteiger partial charge on any atom is 0.414 e. The predicted octanol–water partition coefficient (Wildman–Crippen LogP) is 2.32. The van der Waals surface area contributed by atoms with Crippen LogP contribution < -0.4 is 20.9 Å². The lowest BCUT2D eigenvalue weighted by atomic mass is 10.2. The van der Waals surface area contributed by atoms with E-state index in [1.165, 1.54) is 17.9 Å². The third-order valence-electron chi connectivity index (χ3n) is 5.65. The van der Waals surface area contributed by atoms with Crippen LogP contribution in [0.25, 0.3) is 0 Å². The van der Waals surface area contributed by atoms with Gasteiger partial charge in [0.1, 0.15) is 11.9 Å². The fraction of sp³-hybridized carbons (Fsp3) is 0.391. The van der Waals surface area contributed by atoms with Gasteiger partial charge in [-0.25, -0.2) is 9.18 Å². The lowest BCUT2D eigenvalue weighted by Crippen LogP contribution is -2.46. The molecule has 2 saturated heterocycles. The Bertz CT molecular complexity index is 995. The number of piperazine rings is 1. The highest BCUT2D eigenvalue weighted by Gasteiger charge is 2.32. The second-order valence-electron chi connectivity index (χ2n) is 8.06. The second kappa shape index (κ2) is 10.2. The van der Waals surface area contributed by atoms with Crippen molar-refractivity contribution >= 4 is 29.1 Å². The van der Waals surface area contributed by atoms with Crippen molar-refractivity contribution in [3.05, 3.63) is 53.8 Å². The molecule has 9 nitrogen and oxygen atoms in total. The van der Waals surface area contributed by atoms with Crippen molar-refractivity contribution in [1.82, 2.24) is 5.06 Å². The maximum absolute atomic E-state index is 14.9. The molecule has 4 rings (SSSR count). The monoisotopic (exact) mass is 457 g/mol. The smallest absolute Gasteiger partial charge is 0.414 e. The van der Waals surface area contributed by atoms with Crippen molar-refractivity contribution in [2.75, 3.05) is 54.4 Å². The third-order valence-corrected chi connectivity index (χ3v) is 5.65. The molecule has 2 aliphatic rings. The molecule has 0 radical (unpaired) electrons. The van der Waals surface area contributed by atoms with E-state index in [9.17, 15) is 14.0 Å². The number of rotatable bonds is 7. The molecule has 10 heteroatoms. The molecule has 176 valence electrons. The SMILES string of the molecule is CC(=O)Nc1ccc(CON2CCN(c3ccc(N4C[C@H](CN)OC4=O)cc3F)CC2)cc1. The third kappa shape index (κ3) is 5.59. The summed E-state index contributed by atoms with van der Waals surface area (Å²) in [5, 5.41) is 4.60. The lowest BCUT2D eigenvalue weighted by molar-refractivity contribution is -0.171. The van der Waals surface area contributed by atoms with Crippen molar-refractivity contribution in [3.8, 4) is 0 Å². The molecule has 0 aliphatic carbocycles. The van der Waals surface area contributed by atoms with Gasteiger partial charge in [0.05, 0.1) is 24.5 Å². The largest absolute Gasteiger partial charge is 0.443 e. The summed E-state index contributed by atoms with van der Waals surface area (Å²) in [5.41, 5.74) is 8.26. The van der Waals surface area contributed by atoms with Crippen molar-refractivity contribution in [2.24, 2.45) is 5.73 Å². The zero-order valence-electron chi connectivity index (χ0n) is 18.5. The number of nitrogens with two attached hydrogens (primary N) is 1. The molecule has 2 fully saturated rings. The van der Waals surface area contributed by atoms with Gasteiger partial charge < -0.3 is 20.7 Å². The molecule has 2 aromatic rings. The van der Waals surface area contributed by atoms with Crippen LogP contribution in [-0.4, -0.2) is 62.4 Å². The van der Waals surface area contributed by atoms with E-state index in [1.54, 1.807) is 12.1 Å². The molecule has 2 aromatic carbocycles. The number of amides is 2. The summed E-state index contributed by atoms with van der Waals surface area (Å²) in [4.78, 5) is 32.3. The molecule has 33 heavy (non-hydrogen) atoms. The number of benzene rings is 2. The van der Waals surface area contributed by atoms with Crippen molar-refractivity contribution < 1.29 is 23.6 Å². The first-order chi connectivity index (χ1) is 15.9. The lowest BCUT2D eigenvalue weighted by Gasteiger charge is -2.35. The van der Waals surface area contributed by atoms with Crippen LogP contribution in [0, 0.1) is 5.82 Å². The first kappa shape index (κ1) is 23.0. The van der Waals surface area contributed by atoms with Gasteiger partial charge in [0.25, 0.3) is 0 Å². The average molecular weight is 458 g/mol. The number of anilines is 3. The Balaban J connectivity index is 1.28. The zero-order valence-corrected chi connectivity index (χ0v) is 18.5. The molecule has 2 heterocycles. The summed E-state index contributed by atoms with van der Waals surface area (Å²) in [5.74, 6) is -0.494. The van der Waals surface area contributed by atoms with E-state index in [0.717, 1.165) is 11.3 Å². The number of ether oxygens (including phenoxy) is 1. The summed E-state index contributed by atoms with van der Waals surface area (Å²) in [7, 11) is 0. The van der Waals surface area contributed by atoms with Gasteiger partial charge in [0.2, 0.25) is 5.91 Å². The van der Waals surface area contributed by atoms with Gasteiger partial charge in [-0.15, -0.1) is 0 Å². The fourth-order valence-electron chi connectivity index (χ4n) is 3.89. The van der Waals surface area contributed by atoms with Crippen molar-refractivity contribution in [2.45, 2.75) is 19.6 Å². The van der Waals surface area contributed by atoms with E-state index < -0.39 is 6.09 Å². The highest BCUT2D eigenvalue weighted by molar-refractivity contribution is 5.90. The minimum absolute atomic E-state index is 0.110.